The van der Waals surface area contributed by atoms with E-state index in [2.05, 4.69) is 255 Å². The Morgan fingerprint density at radius 2 is 0.853 bits per heavy atom. The highest BCUT2D eigenvalue weighted by atomic mass is 15.3. The van der Waals surface area contributed by atoms with E-state index < -0.39 is 0 Å². The van der Waals surface area contributed by atoms with Crippen LogP contribution in [0.2, 0.25) is 0 Å². The lowest BCUT2D eigenvalue weighted by atomic mass is 9.33. The van der Waals surface area contributed by atoms with Crippen LogP contribution in [0.1, 0.15) is 169 Å². The maximum atomic E-state index is 2.81. The number of anilines is 10. The van der Waals surface area contributed by atoms with Crippen LogP contribution in [0.25, 0.3) is 0 Å². The summed E-state index contributed by atoms with van der Waals surface area (Å²) >= 11 is 0. The molecule has 5 heteroatoms. The zero-order valence-corrected chi connectivity index (χ0v) is 47.4. The summed E-state index contributed by atoms with van der Waals surface area (Å²) in [7, 11) is 0. The summed E-state index contributed by atoms with van der Waals surface area (Å²) in [6.07, 6.45) is 9.71. The Morgan fingerprint density at radius 1 is 0.360 bits per heavy atom. The third-order valence-corrected chi connectivity index (χ3v) is 20.4. The molecule has 7 aromatic rings. The fourth-order valence-electron chi connectivity index (χ4n) is 15.7. The van der Waals surface area contributed by atoms with Gasteiger partial charge >= 0.3 is 0 Å². The van der Waals surface area contributed by atoms with Crippen LogP contribution in [0.15, 0.2) is 146 Å². The van der Waals surface area contributed by atoms with Gasteiger partial charge in [0.1, 0.15) is 0 Å². The average molecular weight is 987 g/mol. The number of para-hydroxylation sites is 2. The van der Waals surface area contributed by atoms with Gasteiger partial charge in [-0.3, -0.25) is 0 Å². The predicted molar refractivity (Wildman–Crippen MR) is 322 cm³/mol. The third kappa shape index (κ3) is 6.80. The maximum Gasteiger partial charge on any atom is 0.252 e. The Hall–Kier alpha value is -6.20. The first-order valence-corrected chi connectivity index (χ1v) is 28.6. The molecule has 4 aliphatic heterocycles. The lowest BCUT2D eigenvalue weighted by Gasteiger charge is -2.51. The summed E-state index contributed by atoms with van der Waals surface area (Å²) in [6, 6.07) is 58.3. The molecule has 2 aliphatic carbocycles. The van der Waals surface area contributed by atoms with Crippen LogP contribution in [-0.2, 0) is 27.1 Å². The lowest BCUT2D eigenvalue weighted by molar-refractivity contribution is 0.195. The van der Waals surface area contributed by atoms with Gasteiger partial charge in [0.25, 0.3) is 6.71 Å². The molecule has 0 amide bonds. The fourth-order valence-corrected chi connectivity index (χ4v) is 15.7. The molecule has 382 valence electrons. The van der Waals surface area contributed by atoms with Gasteiger partial charge < -0.3 is 19.6 Å². The van der Waals surface area contributed by atoms with Crippen LogP contribution < -0.4 is 36.0 Å². The number of hydrogen-bond acceptors (Lipinski definition) is 4. The van der Waals surface area contributed by atoms with Gasteiger partial charge in [-0.25, -0.2) is 0 Å². The molecule has 0 bridgehead atoms. The van der Waals surface area contributed by atoms with Crippen LogP contribution >= 0.6 is 0 Å². The van der Waals surface area contributed by atoms with Crippen molar-refractivity contribution in [3.8, 4) is 0 Å². The first kappa shape index (κ1) is 48.4. The Morgan fingerprint density at radius 3 is 1.43 bits per heavy atom. The third-order valence-electron chi connectivity index (χ3n) is 20.4. The van der Waals surface area contributed by atoms with E-state index in [0.29, 0.717) is 0 Å². The minimum Gasteiger partial charge on any atom is -0.334 e. The van der Waals surface area contributed by atoms with Gasteiger partial charge in [-0.15, -0.1) is 0 Å². The normalized spacial score (nSPS) is 24.5. The van der Waals surface area contributed by atoms with Crippen molar-refractivity contribution in [2.45, 2.75) is 180 Å². The van der Waals surface area contributed by atoms with Crippen molar-refractivity contribution in [3.05, 3.63) is 173 Å². The molecule has 0 saturated heterocycles. The predicted octanol–water partition coefficient (Wildman–Crippen LogP) is 17.1. The summed E-state index contributed by atoms with van der Waals surface area (Å²) in [6.45, 7) is 31.4. The van der Waals surface area contributed by atoms with Gasteiger partial charge in [-0.2, -0.15) is 0 Å². The van der Waals surface area contributed by atoms with Gasteiger partial charge in [0, 0.05) is 67.7 Å². The molecule has 13 rings (SSSR count). The zero-order chi connectivity index (χ0) is 52.4. The molecule has 6 aliphatic rings. The fraction of sp³-hybridized carbons (Fsp3) is 0.400. The van der Waals surface area contributed by atoms with Gasteiger partial charge in [-0.1, -0.05) is 175 Å². The molecular weight excluding hydrogens is 908 g/mol. The molecule has 2 saturated carbocycles. The molecule has 4 atom stereocenters. The number of fused-ring (bicyclic) bond motifs is 10. The van der Waals surface area contributed by atoms with Crippen LogP contribution in [0.4, 0.5) is 56.9 Å². The summed E-state index contributed by atoms with van der Waals surface area (Å²) < 4.78 is 0. The van der Waals surface area contributed by atoms with Gasteiger partial charge in [0.15, 0.2) is 0 Å². The van der Waals surface area contributed by atoms with Crippen molar-refractivity contribution >= 4 is 80.0 Å². The molecular formula is C70H79BN4. The first-order chi connectivity index (χ1) is 35.6. The second-order valence-corrected chi connectivity index (χ2v) is 27.7. The monoisotopic (exact) mass is 987 g/mol. The van der Waals surface area contributed by atoms with Crippen molar-refractivity contribution in [1.29, 1.82) is 0 Å². The van der Waals surface area contributed by atoms with E-state index in [1.165, 1.54) is 146 Å². The van der Waals surface area contributed by atoms with E-state index in [1.54, 1.807) is 0 Å². The topological polar surface area (TPSA) is 13.0 Å². The molecule has 2 fully saturated rings. The number of hydrogen-bond donors (Lipinski definition) is 0. The van der Waals surface area contributed by atoms with Gasteiger partial charge in [0.2, 0.25) is 0 Å². The van der Waals surface area contributed by atoms with Crippen LogP contribution in [0.5, 0.6) is 0 Å². The van der Waals surface area contributed by atoms with Crippen molar-refractivity contribution in [2.24, 2.45) is 0 Å². The Bertz CT molecular complexity index is 3460. The molecule has 0 spiro atoms. The van der Waals surface area contributed by atoms with Crippen LogP contribution in [0.3, 0.4) is 0 Å². The molecule has 7 aromatic carbocycles. The summed E-state index contributed by atoms with van der Waals surface area (Å²) in [5.41, 5.74) is 23.7. The van der Waals surface area contributed by atoms with E-state index in [0.717, 1.165) is 6.42 Å². The zero-order valence-electron chi connectivity index (χ0n) is 47.4. The summed E-state index contributed by atoms with van der Waals surface area (Å²) in [5, 5.41) is 0. The Labute approximate surface area is 450 Å². The van der Waals surface area contributed by atoms with E-state index in [1.807, 2.05) is 0 Å². The lowest BCUT2D eigenvalue weighted by Crippen LogP contribution is -2.62. The Kier molecular flexibility index (Phi) is 10.4. The SMILES string of the molecule is CC(C)(C)c1ccc(N2c3ccc(N4c5ccccc5C5(C)CCCCC45C)cc3B3c4ccc(C(C)(C)C)cc4N(c4cccc(C(C)(C)C)c4)c4cc(N5c6ccccc6C6(C)CCCCC56C)cc2c43)cc1. The molecule has 4 nitrogen and oxygen atoms in total. The quantitative estimate of drug-likeness (QED) is 0.163. The molecule has 4 heterocycles. The largest absolute Gasteiger partial charge is 0.334 e. The van der Waals surface area contributed by atoms with Crippen molar-refractivity contribution in [3.63, 3.8) is 0 Å². The minimum atomic E-state index is -0.116. The van der Waals surface area contributed by atoms with Gasteiger partial charge in [0.05, 0.1) is 11.1 Å². The average Bonchev–Trinajstić information content (AvgIpc) is 3.75. The van der Waals surface area contributed by atoms with Crippen LogP contribution in [-0.4, -0.2) is 17.8 Å². The molecule has 0 radical (unpaired) electrons. The van der Waals surface area contributed by atoms with E-state index in [-0.39, 0.29) is 44.9 Å². The van der Waals surface area contributed by atoms with Crippen molar-refractivity contribution < 1.29 is 0 Å². The highest BCUT2D eigenvalue weighted by Crippen LogP contribution is 2.63. The Balaban J connectivity index is 1.14. The van der Waals surface area contributed by atoms with Crippen LogP contribution in [0, 0.1) is 0 Å². The second kappa shape index (κ2) is 16.2. The first-order valence-electron chi connectivity index (χ1n) is 28.6. The maximum absolute atomic E-state index is 2.81. The second-order valence-electron chi connectivity index (χ2n) is 27.7. The summed E-state index contributed by atoms with van der Waals surface area (Å²) in [5.74, 6) is 0. The molecule has 0 N–H and O–H groups in total. The van der Waals surface area contributed by atoms with Gasteiger partial charge in [-0.05, 0) is 173 Å². The highest BCUT2D eigenvalue weighted by molar-refractivity contribution is 7.00. The number of benzene rings is 7. The molecule has 0 aromatic heterocycles. The van der Waals surface area contributed by atoms with E-state index in [4.69, 9.17) is 0 Å². The number of nitrogens with zero attached hydrogens (tertiary/aromatic N) is 4. The van der Waals surface area contributed by atoms with Crippen molar-refractivity contribution in [2.75, 3.05) is 19.6 Å². The highest BCUT2D eigenvalue weighted by Gasteiger charge is 2.59. The van der Waals surface area contributed by atoms with E-state index in [9.17, 15) is 0 Å². The summed E-state index contributed by atoms with van der Waals surface area (Å²) in [4.78, 5) is 10.9. The molecule has 75 heavy (non-hydrogen) atoms. The molecule has 4 unspecified atom stereocenters. The van der Waals surface area contributed by atoms with Crippen molar-refractivity contribution in [1.82, 2.24) is 0 Å². The standard InChI is InChI=1S/C70H79BN4/c1-64(2,3)46-29-32-49(33-30-46)72-59-36-34-51(74-57-27-16-14-25-53(57)67(10)37-18-20-39-69(67,74)12)43-56(59)71-55-35-31-48(66(7,8)9)42-60(55)73(50-24-22-23-47(41-50)65(4,5)6)62-45-52(44-61(72)63(62)71)75-58-28-17-15-26-54(58)68(11)38-19-21-40-70(68,75)13/h14-17,22-36,41-45H,18-21,37-40H2,1-13H3. The number of rotatable bonds is 4. The van der Waals surface area contributed by atoms with E-state index >= 15 is 0 Å². The smallest absolute Gasteiger partial charge is 0.252 e. The minimum absolute atomic E-state index is 0.0111.